The molecule has 7 rings (SSSR count). The summed E-state index contributed by atoms with van der Waals surface area (Å²) in [5.74, 6) is 0.270. The van der Waals surface area contributed by atoms with Crippen LogP contribution in [0.2, 0.25) is 0 Å². The zero-order valence-electron chi connectivity index (χ0n) is 21.0. The van der Waals surface area contributed by atoms with Crippen LogP contribution in [0.3, 0.4) is 0 Å². The van der Waals surface area contributed by atoms with Gasteiger partial charge in [0.1, 0.15) is 5.58 Å². The lowest BCUT2D eigenvalue weighted by Crippen LogP contribution is -2.28. The van der Waals surface area contributed by atoms with Crippen LogP contribution in [0.25, 0.3) is 28.3 Å². The second kappa shape index (κ2) is 10.1. The summed E-state index contributed by atoms with van der Waals surface area (Å²) in [4.78, 5) is 17.8. The molecule has 3 heterocycles. The molecule has 5 aromatic rings. The van der Waals surface area contributed by atoms with Gasteiger partial charge in [-0.05, 0) is 66.3 Å². The fourth-order valence-electron chi connectivity index (χ4n) is 5.66. The normalized spacial score (nSPS) is 19.9. The molecule has 0 radical (unpaired) electrons. The summed E-state index contributed by atoms with van der Waals surface area (Å²) in [6.45, 7) is 0. The van der Waals surface area contributed by atoms with Gasteiger partial charge >= 0.3 is 5.63 Å². The van der Waals surface area contributed by atoms with Gasteiger partial charge in [0.2, 0.25) is 5.13 Å². The van der Waals surface area contributed by atoms with Gasteiger partial charge in [-0.3, -0.25) is 0 Å². The maximum Gasteiger partial charge on any atom is 0.345 e. The molecule has 3 aromatic carbocycles. The molecular weight excluding hydrogens is 570 g/mol. The first-order chi connectivity index (χ1) is 19.1. The highest BCUT2D eigenvalue weighted by atomic mass is 79.9. The molecule has 0 saturated heterocycles. The van der Waals surface area contributed by atoms with E-state index in [0.717, 1.165) is 40.0 Å². The molecule has 2 aliphatic rings. The molecule has 39 heavy (non-hydrogen) atoms. The van der Waals surface area contributed by atoms with Crippen LogP contribution in [0.4, 0.5) is 5.13 Å². The number of nitrogens with zero attached hydrogens (tertiary/aromatic N) is 3. The number of allylic oxidation sites excluding steroid dienone is 1. The smallest absolute Gasteiger partial charge is 0.345 e. The van der Waals surface area contributed by atoms with Gasteiger partial charge in [-0.25, -0.2) is 14.8 Å². The van der Waals surface area contributed by atoms with E-state index in [1.165, 1.54) is 28.0 Å². The van der Waals surface area contributed by atoms with Crippen molar-refractivity contribution in [1.82, 2.24) is 4.98 Å². The van der Waals surface area contributed by atoms with Gasteiger partial charge in [-0.1, -0.05) is 76.6 Å². The van der Waals surface area contributed by atoms with Crippen molar-refractivity contribution in [3.05, 3.63) is 122 Å². The number of halogens is 1. The quantitative estimate of drug-likeness (QED) is 0.196. The summed E-state index contributed by atoms with van der Waals surface area (Å²) in [5.41, 5.74) is 6.06. The van der Waals surface area contributed by atoms with Crippen molar-refractivity contribution in [2.75, 3.05) is 5.01 Å². The first-order valence-corrected chi connectivity index (χ1v) is 14.7. The maximum atomic E-state index is 12.9. The Labute approximate surface area is 238 Å². The predicted octanol–water partition coefficient (Wildman–Crippen LogP) is 8.48. The van der Waals surface area contributed by atoms with Crippen LogP contribution < -0.4 is 10.6 Å². The van der Waals surface area contributed by atoms with E-state index in [4.69, 9.17) is 14.5 Å². The van der Waals surface area contributed by atoms with E-state index in [2.05, 4.69) is 75.5 Å². The molecule has 5 nitrogen and oxygen atoms in total. The first kappa shape index (κ1) is 24.2. The zero-order valence-corrected chi connectivity index (χ0v) is 23.4. The third kappa shape index (κ3) is 4.56. The first-order valence-electron chi connectivity index (χ1n) is 13.0. The molecule has 192 valence electrons. The van der Waals surface area contributed by atoms with Gasteiger partial charge in [0, 0.05) is 21.2 Å². The summed E-state index contributed by atoms with van der Waals surface area (Å²) < 4.78 is 6.54. The Kier molecular flexibility index (Phi) is 6.25. The number of hydrogen-bond donors (Lipinski definition) is 0. The number of hydrazone groups is 1. The van der Waals surface area contributed by atoms with E-state index >= 15 is 0 Å². The van der Waals surface area contributed by atoms with Crippen molar-refractivity contribution in [1.29, 1.82) is 0 Å². The van der Waals surface area contributed by atoms with Crippen molar-refractivity contribution in [2.45, 2.75) is 25.3 Å². The van der Waals surface area contributed by atoms with E-state index in [9.17, 15) is 4.79 Å². The zero-order chi connectivity index (χ0) is 26.3. The molecule has 0 spiro atoms. The summed E-state index contributed by atoms with van der Waals surface area (Å²) in [6.07, 6.45) is 5.48. The van der Waals surface area contributed by atoms with Crippen LogP contribution in [-0.4, -0.2) is 10.7 Å². The molecule has 1 saturated carbocycles. The second-order valence-electron chi connectivity index (χ2n) is 9.91. The lowest BCUT2D eigenvalue weighted by atomic mass is 9.77. The van der Waals surface area contributed by atoms with Crippen molar-refractivity contribution in [3.8, 4) is 11.3 Å². The Morgan fingerprint density at radius 1 is 1.00 bits per heavy atom. The molecule has 0 unspecified atom stereocenters. The van der Waals surface area contributed by atoms with Crippen LogP contribution >= 0.6 is 27.3 Å². The topological polar surface area (TPSA) is 58.7 Å². The van der Waals surface area contributed by atoms with Gasteiger partial charge in [0.15, 0.2) is 0 Å². The summed E-state index contributed by atoms with van der Waals surface area (Å²) in [7, 11) is 0. The number of aromatic nitrogens is 1. The SMILES string of the molecule is O=c1oc2ccc(Br)cc2cc1-c1csc(N2N=C3/C(=C/c4ccccc4)CCC[C@@H]3[C@H]2c2ccccc2)n1. The number of fused-ring (bicyclic) bond motifs is 2. The Morgan fingerprint density at radius 3 is 2.62 bits per heavy atom. The predicted molar refractivity (Wildman–Crippen MR) is 162 cm³/mol. The Bertz CT molecular complexity index is 1790. The molecular formula is C32H24BrN3O2S. The summed E-state index contributed by atoms with van der Waals surface area (Å²) in [5, 5.41) is 10.8. The van der Waals surface area contributed by atoms with Gasteiger partial charge in [0.05, 0.1) is 23.0 Å². The van der Waals surface area contributed by atoms with Gasteiger partial charge in [-0.2, -0.15) is 5.10 Å². The van der Waals surface area contributed by atoms with Gasteiger partial charge in [0.25, 0.3) is 0 Å². The highest BCUT2D eigenvalue weighted by Crippen LogP contribution is 2.47. The van der Waals surface area contributed by atoms with Gasteiger partial charge in [-0.15, -0.1) is 11.3 Å². The van der Waals surface area contributed by atoms with Crippen molar-refractivity contribution < 1.29 is 4.42 Å². The number of benzene rings is 3. The van der Waals surface area contributed by atoms with E-state index in [1.54, 1.807) is 6.07 Å². The molecule has 1 aliphatic heterocycles. The van der Waals surface area contributed by atoms with E-state index < -0.39 is 5.63 Å². The Hall–Kier alpha value is -3.81. The van der Waals surface area contributed by atoms with Crippen LogP contribution in [0.5, 0.6) is 0 Å². The van der Waals surface area contributed by atoms with Crippen molar-refractivity contribution >= 4 is 55.2 Å². The molecule has 1 aliphatic carbocycles. The number of rotatable bonds is 4. The van der Waals surface area contributed by atoms with E-state index in [0.29, 0.717) is 16.8 Å². The molecule has 0 amide bonds. The van der Waals surface area contributed by atoms with E-state index in [1.807, 2.05) is 35.7 Å². The monoisotopic (exact) mass is 593 g/mol. The summed E-state index contributed by atoms with van der Waals surface area (Å²) >= 11 is 5.01. The van der Waals surface area contributed by atoms with Crippen LogP contribution in [0, 0.1) is 5.92 Å². The minimum absolute atomic E-state index is 0.0450. The minimum Gasteiger partial charge on any atom is -0.422 e. The second-order valence-corrected chi connectivity index (χ2v) is 11.7. The molecule has 0 N–H and O–H groups in total. The average molecular weight is 595 g/mol. The highest BCUT2D eigenvalue weighted by Gasteiger charge is 2.42. The lowest BCUT2D eigenvalue weighted by molar-refractivity contribution is 0.487. The summed E-state index contributed by atoms with van der Waals surface area (Å²) in [6, 6.07) is 28.5. The number of thiazole rings is 1. The largest absolute Gasteiger partial charge is 0.422 e. The fraction of sp³-hybridized carbons (Fsp3) is 0.156. The fourth-order valence-corrected chi connectivity index (χ4v) is 6.85. The Balaban J connectivity index is 1.32. The lowest BCUT2D eigenvalue weighted by Gasteiger charge is -2.29. The van der Waals surface area contributed by atoms with Crippen LogP contribution in [-0.2, 0) is 0 Å². The van der Waals surface area contributed by atoms with E-state index in [-0.39, 0.29) is 12.0 Å². The molecule has 7 heteroatoms. The average Bonchev–Trinajstić information content (AvgIpc) is 3.60. The maximum absolute atomic E-state index is 12.9. The minimum atomic E-state index is -0.393. The number of hydrogen-bond acceptors (Lipinski definition) is 6. The third-order valence-corrected chi connectivity index (χ3v) is 8.76. The molecule has 2 atom stereocenters. The number of anilines is 1. The third-order valence-electron chi connectivity index (χ3n) is 7.44. The molecule has 1 fully saturated rings. The van der Waals surface area contributed by atoms with Gasteiger partial charge < -0.3 is 4.42 Å². The van der Waals surface area contributed by atoms with Crippen LogP contribution in [0.1, 0.15) is 36.4 Å². The standard InChI is InChI=1S/C32H24BrN3O2S/c33-24-14-15-28-23(17-24)18-26(31(37)38-28)27-19-39-32(34-27)36-30(21-10-5-2-6-11-21)25-13-7-12-22(29(25)35-36)16-20-8-3-1-4-9-20/h1-6,8-11,14-19,25,30H,7,12-13H2/b22-16+/t25-,30+/m0/s1. The Morgan fingerprint density at radius 2 is 1.79 bits per heavy atom. The molecule has 2 aromatic heterocycles. The highest BCUT2D eigenvalue weighted by molar-refractivity contribution is 9.10. The van der Waals surface area contributed by atoms with Crippen LogP contribution in [0.15, 0.2) is 115 Å². The van der Waals surface area contributed by atoms with Crippen molar-refractivity contribution in [2.24, 2.45) is 11.0 Å². The van der Waals surface area contributed by atoms with Crippen molar-refractivity contribution in [3.63, 3.8) is 0 Å². The molecule has 0 bridgehead atoms.